The van der Waals surface area contributed by atoms with Gasteiger partial charge in [0.15, 0.2) is 0 Å². The number of nitrogens with one attached hydrogen (secondary N) is 2. The van der Waals surface area contributed by atoms with Gasteiger partial charge in [-0.3, -0.25) is 14.9 Å². The Hall–Kier alpha value is -4.62. The monoisotopic (exact) mass is 565 g/mol. The fourth-order valence-corrected chi connectivity index (χ4v) is 4.83. The van der Waals surface area contributed by atoms with E-state index in [0.717, 1.165) is 16.9 Å². The van der Waals surface area contributed by atoms with Crippen molar-refractivity contribution in [1.29, 1.82) is 0 Å². The number of hydrogen-bond donors (Lipinski definition) is 2. The molecule has 11 nitrogen and oxygen atoms in total. The minimum atomic E-state index is -4.00. The van der Waals surface area contributed by atoms with Gasteiger partial charge in [0.05, 0.1) is 19.7 Å². The summed E-state index contributed by atoms with van der Waals surface area (Å²) in [6.45, 7) is 1.86. The Kier molecular flexibility index (Phi) is 8.63. The first-order valence-electron chi connectivity index (χ1n) is 11.4. The molecule has 1 heterocycles. The molecule has 0 aliphatic carbocycles. The van der Waals surface area contributed by atoms with Crippen molar-refractivity contribution in [2.24, 2.45) is 5.10 Å². The van der Waals surface area contributed by atoms with Crippen LogP contribution in [0, 0.1) is 6.92 Å². The molecular formula is C26H23N5O6S2. The summed E-state index contributed by atoms with van der Waals surface area (Å²) >= 11 is 1.06. The molecule has 39 heavy (non-hydrogen) atoms. The summed E-state index contributed by atoms with van der Waals surface area (Å²) in [7, 11) is -2.46. The van der Waals surface area contributed by atoms with Gasteiger partial charge in [-0.2, -0.15) is 13.5 Å². The molecule has 0 fully saturated rings. The standard InChI is InChI=1S/C26H23N5O6S2/c1-17-6-12-22(13-7-17)39(34,35)37-21-5-3-4-18(14-21)16-27-29-23(32)15-24-30-31-26(38-24)28-25(33)19-8-10-20(36-2)11-9-19/h3-14,16H,15H2,1-2H3,(H,29,32)(H,28,31,33)/b27-16-. The van der Waals surface area contributed by atoms with Crippen molar-refractivity contribution >= 4 is 44.6 Å². The molecule has 0 spiro atoms. The quantitative estimate of drug-likeness (QED) is 0.168. The van der Waals surface area contributed by atoms with Gasteiger partial charge in [0.1, 0.15) is 21.4 Å². The third kappa shape index (κ3) is 7.69. The molecule has 2 N–H and O–H groups in total. The molecule has 13 heteroatoms. The van der Waals surface area contributed by atoms with Crippen molar-refractivity contribution in [1.82, 2.24) is 15.6 Å². The minimum absolute atomic E-state index is 0.0413. The predicted molar refractivity (Wildman–Crippen MR) is 146 cm³/mol. The molecule has 3 aromatic carbocycles. The number of hydrazone groups is 1. The minimum Gasteiger partial charge on any atom is -0.497 e. The average molecular weight is 566 g/mol. The Bertz CT molecular complexity index is 1600. The summed E-state index contributed by atoms with van der Waals surface area (Å²) in [6, 6.07) is 19.1. The van der Waals surface area contributed by atoms with Crippen molar-refractivity contribution in [2.45, 2.75) is 18.2 Å². The fraction of sp³-hybridized carbons (Fsp3) is 0.115. The van der Waals surface area contributed by atoms with Gasteiger partial charge in [0, 0.05) is 5.56 Å². The molecule has 0 aliphatic rings. The summed E-state index contributed by atoms with van der Waals surface area (Å²) in [6.07, 6.45) is 1.25. The van der Waals surface area contributed by atoms with Crippen molar-refractivity contribution in [3.63, 3.8) is 0 Å². The Balaban J connectivity index is 1.29. The second-order valence-electron chi connectivity index (χ2n) is 8.08. The maximum absolute atomic E-state index is 12.5. The molecular weight excluding hydrogens is 542 g/mol. The molecule has 0 aliphatic heterocycles. The normalized spacial score (nSPS) is 11.2. The molecule has 1 aromatic heterocycles. The summed E-state index contributed by atoms with van der Waals surface area (Å²) < 4.78 is 35.3. The number of ether oxygens (including phenoxy) is 1. The van der Waals surface area contributed by atoms with Crippen LogP contribution in [-0.4, -0.2) is 43.8 Å². The number of hydrogen-bond acceptors (Lipinski definition) is 10. The van der Waals surface area contributed by atoms with Gasteiger partial charge in [-0.15, -0.1) is 10.2 Å². The molecule has 0 bridgehead atoms. The summed E-state index contributed by atoms with van der Waals surface area (Å²) in [5.74, 6) is -0.0912. The van der Waals surface area contributed by atoms with Crippen LogP contribution >= 0.6 is 11.3 Å². The molecule has 0 unspecified atom stereocenters. The van der Waals surface area contributed by atoms with Gasteiger partial charge >= 0.3 is 10.1 Å². The van der Waals surface area contributed by atoms with Crippen LogP contribution in [0.15, 0.2) is 82.8 Å². The molecule has 4 rings (SSSR count). The lowest BCUT2D eigenvalue weighted by Crippen LogP contribution is -2.19. The number of nitrogens with zero attached hydrogens (tertiary/aromatic N) is 3. The van der Waals surface area contributed by atoms with Crippen molar-refractivity contribution in [3.05, 3.63) is 94.5 Å². The first kappa shape index (κ1) is 27.4. The van der Waals surface area contributed by atoms with Gasteiger partial charge in [0.2, 0.25) is 11.0 Å². The number of amides is 2. The van der Waals surface area contributed by atoms with E-state index in [9.17, 15) is 18.0 Å². The molecule has 0 saturated heterocycles. The molecule has 0 atom stereocenters. The number of carbonyl (C=O) groups excluding carboxylic acids is 2. The molecule has 0 radical (unpaired) electrons. The maximum atomic E-state index is 12.5. The second-order valence-corrected chi connectivity index (χ2v) is 10.7. The zero-order valence-electron chi connectivity index (χ0n) is 20.8. The number of carbonyl (C=O) groups is 2. The number of aromatic nitrogens is 2. The van der Waals surface area contributed by atoms with Crippen molar-refractivity contribution in [3.8, 4) is 11.5 Å². The first-order chi connectivity index (χ1) is 18.7. The van der Waals surface area contributed by atoms with Crippen LogP contribution in [-0.2, 0) is 21.3 Å². The van der Waals surface area contributed by atoms with E-state index in [1.54, 1.807) is 48.5 Å². The molecule has 4 aromatic rings. The predicted octanol–water partition coefficient (Wildman–Crippen LogP) is 3.57. The van der Waals surface area contributed by atoms with E-state index >= 15 is 0 Å². The number of anilines is 1. The van der Waals surface area contributed by atoms with E-state index in [4.69, 9.17) is 8.92 Å². The van der Waals surface area contributed by atoms with Crippen molar-refractivity contribution < 1.29 is 26.9 Å². The zero-order chi connectivity index (χ0) is 27.8. The highest BCUT2D eigenvalue weighted by atomic mass is 32.2. The van der Waals surface area contributed by atoms with E-state index in [0.29, 0.717) is 21.9 Å². The highest BCUT2D eigenvalue weighted by molar-refractivity contribution is 7.87. The third-order valence-corrected chi connectivity index (χ3v) is 7.23. The van der Waals surface area contributed by atoms with Gasteiger partial charge in [-0.1, -0.05) is 41.2 Å². The number of rotatable bonds is 10. The van der Waals surface area contributed by atoms with E-state index < -0.39 is 16.0 Å². The number of methoxy groups -OCH3 is 1. The zero-order valence-corrected chi connectivity index (χ0v) is 22.5. The van der Waals surface area contributed by atoms with Crippen LogP contribution in [0.5, 0.6) is 11.5 Å². The summed E-state index contributed by atoms with van der Waals surface area (Å²) in [4.78, 5) is 24.7. The third-order valence-electron chi connectivity index (χ3n) is 5.13. The van der Waals surface area contributed by atoms with Crippen molar-refractivity contribution in [2.75, 3.05) is 12.4 Å². The van der Waals surface area contributed by atoms with Crippen LogP contribution < -0.4 is 19.7 Å². The lowest BCUT2D eigenvalue weighted by molar-refractivity contribution is -0.120. The highest BCUT2D eigenvalue weighted by Crippen LogP contribution is 2.20. The molecule has 0 saturated carbocycles. The van der Waals surface area contributed by atoms with Gasteiger partial charge in [-0.05, 0) is 61.0 Å². The summed E-state index contributed by atoms with van der Waals surface area (Å²) in [5.41, 5.74) is 4.23. The SMILES string of the molecule is COc1ccc(C(=O)Nc2nnc(CC(=O)N/N=C\c3cccc(OS(=O)(=O)c4ccc(C)cc4)c3)s2)cc1. The second kappa shape index (κ2) is 12.3. The van der Waals surface area contributed by atoms with Crippen LogP contribution in [0.1, 0.15) is 26.5 Å². The van der Waals surface area contributed by atoms with Crippen LogP contribution in [0.2, 0.25) is 0 Å². The Morgan fingerprint density at radius 2 is 1.74 bits per heavy atom. The van der Waals surface area contributed by atoms with E-state index in [-0.39, 0.29) is 28.1 Å². The van der Waals surface area contributed by atoms with Gasteiger partial charge < -0.3 is 8.92 Å². The van der Waals surface area contributed by atoms with E-state index in [1.165, 1.54) is 37.6 Å². The van der Waals surface area contributed by atoms with Gasteiger partial charge in [-0.25, -0.2) is 5.43 Å². The first-order valence-corrected chi connectivity index (χ1v) is 13.7. The van der Waals surface area contributed by atoms with E-state index in [1.807, 2.05) is 6.92 Å². The van der Waals surface area contributed by atoms with Crippen LogP contribution in [0.3, 0.4) is 0 Å². The lowest BCUT2D eigenvalue weighted by Gasteiger charge is -2.07. The largest absolute Gasteiger partial charge is 0.497 e. The Morgan fingerprint density at radius 1 is 1.00 bits per heavy atom. The summed E-state index contributed by atoms with van der Waals surface area (Å²) in [5, 5.41) is 15.0. The number of aryl methyl sites for hydroxylation is 1. The Labute approximate surface area is 228 Å². The number of benzene rings is 3. The Morgan fingerprint density at radius 3 is 2.46 bits per heavy atom. The average Bonchev–Trinajstić information content (AvgIpc) is 3.35. The van der Waals surface area contributed by atoms with Crippen LogP contribution in [0.25, 0.3) is 0 Å². The maximum Gasteiger partial charge on any atom is 0.339 e. The molecule has 2 amide bonds. The topological polar surface area (TPSA) is 149 Å². The van der Waals surface area contributed by atoms with Gasteiger partial charge in [0.25, 0.3) is 5.91 Å². The highest BCUT2D eigenvalue weighted by Gasteiger charge is 2.16. The van der Waals surface area contributed by atoms with Crippen LogP contribution in [0.4, 0.5) is 5.13 Å². The smallest absolute Gasteiger partial charge is 0.339 e. The van der Waals surface area contributed by atoms with E-state index in [2.05, 4.69) is 26.0 Å². The molecule has 200 valence electrons. The fourth-order valence-electron chi connectivity index (χ4n) is 3.17. The lowest BCUT2D eigenvalue weighted by atomic mass is 10.2.